The fraction of sp³-hybridized carbons (Fsp3) is 0.200. The molecule has 1 N–H and O–H groups in total. The van der Waals surface area contributed by atoms with Gasteiger partial charge in [-0.15, -0.1) is 0 Å². The van der Waals surface area contributed by atoms with Crippen LogP contribution >= 0.6 is 15.9 Å². The van der Waals surface area contributed by atoms with Crippen LogP contribution in [0.4, 0.5) is 0 Å². The van der Waals surface area contributed by atoms with E-state index >= 15 is 0 Å². The van der Waals surface area contributed by atoms with E-state index in [9.17, 15) is 5.11 Å². The van der Waals surface area contributed by atoms with Crippen LogP contribution in [0.2, 0.25) is 0 Å². The van der Waals surface area contributed by atoms with Crippen molar-refractivity contribution >= 4 is 21.7 Å². The molecule has 0 spiro atoms. The minimum atomic E-state index is 0.131. The van der Waals surface area contributed by atoms with Crippen molar-refractivity contribution in [2.45, 2.75) is 13.8 Å². The third-order valence-electron chi connectivity index (χ3n) is 1.90. The highest BCUT2D eigenvalue weighted by Crippen LogP contribution is 2.26. The average Bonchev–Trinajstić information content (AvgIpc) is 1.97. The first-order valence-electron chi connectivity index (χ1n) is 3.68. The van der Waals surface area contributed by atoms with Crippen molar-refractivity contribution in [1.82, 2.24) is 0 Å². The van der Waals surface area contributed by atoms with Gasteiger partial charge in [-0.05, 0) is 31.0 Å². The molecule has 12 heavy (non-hydrogen) atoms. The zero-order valence-electron chi connectivity index (χ0n) is 7.19. The van der Waals surface area contributed by atoms with Gasteiger partial charge in [-0.1, -0.05) is 28.6 Å². The fourth-order valence-corrected chi connectivity index (χ4v) is 1.60. The monoisotopic (exact) mass is 226 g/mol. The van der Waals surface area contributed by atoms with E-state index in [1.807, 2.05) is 26.0 Å². The maximum atomic E-state index is 9.29. The maximum Gasteiger partial charge on any atom is 0.116 e. The van der Waals surface area contributed by atoms with Crippen LogP contribution in [-0.2, 0) is 0 Å². The Morgan fingerprint density at radius 3 is 2.42 bits per heavy atom. The Bertz CT molecular complexity index is 329. The smallest absolute Gasteiger partial charge is 0.116 e. The molecule has 0 heterocycles. The van der Waals surface area contributed by atoms with E-state index < -0.39 is 0 Å². The van der Waals surface area contributed by atoms with Crippen LogP contribution in [-0.4, -0.2) is 5.11 Å². The first-order chi connectivity index (χ1) is 5.54. The van der Waals surface area contributed by atoms with E-state index in [2.05, 4.69) is 22.5 Å². The van der Waals surface area contributed by atoms with Crippen LogP contribution < -0.4 is 0 Å². The van der Waals surface area contributed by atoms with Crippen molar-refractivity contribution in [3.63, 3.8) is 0 Å². The number of aliphatic hydroxyl groups excluding tert-OH is 1. The van der Waals surface area contributed by atoms with E-state index in [0.717, 1.165) is 21.2 Å². The summed E-state index contributed by atoms with van der Waals surface area (Å²) in [4.78, 5) is 0. The lowest BCUT2D eigenvalue weighted by Crippen LogP contribution is -1.92. The fourth-order valence-electron chi connectivity index (χ4n) is 1.27. The number of hydrogen-bond donors (Lipinski definition) is 1. The molecule has 0 amide bonds. The average molecular weight is 227 g/mol. The second-order valence-corrected chi connectivity index (χ2v) is 3.67. The Hall–Kier alpha value is -0.760. The Morgan fingerprint density at radius 1 is 1.42 bits per heavy atom. The van der Waals surface area contributed by atoms with Crippen LogP contribution in [0, 0.1) is 13.8 Å². The lowest BCUT2D eigenvalue weighted by atomic mass is 10.0. The van der Waals surface area contributed by atoms with E-state index in [0.29, 0.717) is 0 Å². The van der Waals surface area contributed by atoms with Gasteiger partial charge in [-0.2, -0.15) is 0 Å². The Balaban J connectivity index is 3.43. The van der Waals surface area contributed by atoms with Gasteiger partial charge in [-0.3, -0.25) is 0 Å². The number of aliphatic hydroxyl groups is 1. The zero-order valence-corrected chi connectivity index (χ0v) is 8.77. The first kappa shape index (κ1) is 9.33. The summed E-state index contributed by atoms with van der Waals surface area (Å²) >= 11 is 3.40. The van der Waals surface area contributed by atoms with Crippen molar-refractivity contribution in [2.75, 3.05) is 0 Å². The van der Waals surface area contributed by atoms with E-state index in [1.54, 1.807) is 0 Å². The highest BCUT2D eigenvalue weighted by molar-refractivity contribution is 9.10. The van der Waals surface area contributed by atoms with Crippen LogP contribution in [0.3, 0.4) is 0 Å². The molecule has 0 atom stereocenters. The van der Waals surface area contributed by atoms with Gasteiger partial charge < -0.3 is 5.11 Å². The second kappa shape index (κ2) is 3.31. The lowest BCUT2D eigenvalue weighted by molar-refractivity contribution is 0.512. The van der Waals surface area contributed by atoms with Crippen molar-refractivity contribution in [2.24, 2.45) is 0 Å². The van der Waals surface area contributed by atoms with Gasteiger partial charge in [0.15, 0.2) is 0 Å². The predicted molar refractivity (Wildman–Crippen MR) is 55.3 cm³/mol. The minimum Gasteiger partial charge on any atom is -0.508 e. The molecular formula is C10H11BrO. The van der Waals surface area contributed by atoms with Crippen LogP contribution in [0.25, 0.3) is 5.76 Å². The molecular weight excluding hydrogens is 216 g/mol. The van der Waals surface area contributed by atoms with Gasteiger partial charge in [-0.25, -0.2) is 0 Å². The number of benzene rings is 1. The number of hydrogen-bond acceptors (Lipinski definition) is 1. The molecule has 1 aromatic carbocycles. The summed E-state index contributed by atoms with van der Waals surface area (Å²) in [5.74, 6) is 0.131. The second-order valence-electron chi connectivity index (χ2n) is 2.81. The van der Waals surface area contributed by atoms with Crippen molar-refractivity contribution in [1.29, 1.82) is 0 Å². The van der Waals surface area contributed by atoms with E-state index in [-0.39, 0.29) is 5.76 Å². The molecule has 0 saturated carbocycles. The first-order valence-corrected chi connectivity index (χ1v) is 4.47. The normalized spacial score (nSPS) is 9.92. The van der Waals surface area contributed by atoms with Gasteiger partial charge in [0.1, 0.15) is 5.76 Å². The standard InChI is InChI=1S/C10H11BrO/c1-6-4-5-9(11)7(2)10(6)8(3)12/h4-5,12H,3H2,1-2H3. The summed E-state index contributed by atoms with van der Waals surface area (Å²) in [5.41, 5.74) is 2.91. The molecule has 0 saturated heterocycles. The largest absolute Gasteiger partial charge is 0.508 e. The van der Waals surface area contributed by atoms with Crippen LogP contribution in [0.1, 0.15) is 16.7 Å². The lowest BCUT2D eigenvalue weighted by Gasteiger charge is -2.09. The molecule has 0 fully saturated rings. The summed E-state index contributed by atoms with van der Waals surface area (Å²) in [7, 11) is 0. The molecule has 2 heteroatoms. The molecule has 1 aromatic rings. The predicted octanol–water partition coefficient (Wildman–Crippen LogP) is 3.59. The summed E-state index contributed by atoms with van der Waals surface area (Å²) < 4.78 is 0.998. The van der Waals surface area contributed by atoms with Crippen molar-refractivity contribution in [3.05, 3.63) is 39.9 Å². The maximum absolute atomic E-state index is 9.29. The zero-order chi connectivity index (χ0) is 9.30. The molecule has 0 bridgehead atoms. The highest BCUT2D eigenvalue weighted by Gasteiger charge is 2.07. The van der Waals surface area contributed by atoms with E-state index in [4.69, 9.17) is 0 Å². The molecule has 1 rings (SSSR count). The van der Waals surface area contributed by atoms with E-state index in [1.165, 1.54) is 0 Å². The Kier molecular flexibility index (Phi) is 2.58. The highest BCUT2D eigenvalue weighted by atomic mass is 79.9. The quantitative estimate of drug-likeness (QED) is 0.726. The molecule has 64 valence electrons. The molecule has 1 nitrogen and oxygen atoms in total. The molecule has 0 aliphatic heterocycles. The van der Waals surface area contributed by atoms with Crippen molar-refractivity contribution < 1.29 is 5.11 Å². The minimum absolute atomic E-state index is 0.131. The summed E-state index contributed by atoms with van der Waals surface area (Å²) in [5, 5.41) is 9.29. The Labute approximate surface area is 80.9 Å². The number of halogens is 1. The van der Waals surface area contributed by atoms with Crippen LogP contribution in [0.5, 0.6) is 0 Å². The summed E-state index contributed by atoms with van der Waals surface area (Å²) in [6.07, 6.45) is 0. The molecule has 0 radical (unpaired) electrons. The molecule has 0 aliphatic rings. The van der Waals surface area contributed by atoms with Gasteiger partial charge in [0.05, 0.1) is 0 Å². The van der Waals surface area contributed by atoms with Crippen LogP contribution in [0.15, 0.2) is 23.2 Å². The SMILES string of the molecule is C=C(O)c1c(C)ccc(Br)c1C. The molecule has 0 unspecified atom stereocenters. The summed E-state index contributed by atoms with van der Waals surface area (Å²) in [6, 6.07) is 3.92. The third kappa shape index (κ3) is 1.53. The molecule has 0 aromatic heterocycles. The van der Waals surface area contributed by atoms with Crippen molar-refractivity contribution in [3.8, 4) is 0 Å². The Morgan fingerprint density at radius 2 is 2.00 bits per heavy atom. The van der Waals surface area contributed by atoms with Gasteiger partial charge in [0.2, 0.25) is 0 Å². The molecule has 0 aliphatic carbocycles. The summed E-state index contributed by atoms with van der Waals surface area (Å²) in [6.45, 7) is 7.43. The van der Waals surface area contributed by atoms with Gasteiger partial charge >= 0.3 is 0 Å². The number of aryl methyl sites for hydroxylation is 1. The number of rotatable bonds is 1. The van der Waals surface area contributed by atoms with Gasteiger partial charge in [0, 0.05) is 10.0 Å². The van der Waals surface area contributed by atoms with Gasteiger partial charge in [0.25, 0.3) is 0 Å². The third-order valence-corrected chi connectivity index (χ3v) is 2.75. The topological polar surface area (TPSA) is 20.2 Å².